The number of carboxylic acid groups (broad SMARTS) is 1. The van der Waals surface area contributed by atoms with Crippen LogP contribution in [0.3, 0.4) is 0 Å². The standard InChI is InChI=1S/C22H15Cl2NO3/c23-18-8-4-7-15(21(18)24)22-17(12-20(26)27)16-11-14(9-10-19(16)25-22)28-13-5-2-1-3-6-13/h1-11,25H,12H2,(H,26,27). The Balaban J connectivity index is 1.86. The van der Waals surface area contributed by atoms with E-state index in [9.17, 15) is 9.90 Å². The van der Waals surface area contributed by atoms with Crippen molar-refractivity contribution >= 4 is 40.1 Å². The second kappa shape index (κ2) is 7.58. The summed E-state index contributed by atoms with van der Waals surface area (Å²) < 4.78 is 5.90. The summed E-state index contributed by atoms with van der Waals surface area (Å²) in [5.74, 6) is 0.387. The van der Waals surface area contributed by atoms with Gasteiger partial charge in [-0.3, -0.25) is 4.79 Å². The Morgan fingerprint density at radius 1 is 0.964 bits per heavy atom. The van der Waals surface area contributed by atoms with E-state index in [0.717, 1.165) is 10.9 Å². The molecule has 0 aliphatic heterocycles. The summed E-state index contributed by atoms with van der Waals surface area (Å²) in [6.07, 6.45) is -0.160. The summed E-state index contributed by atoms with van der Waals surface area (Å²) in [4.78, 5) is 14.8. The molecule has 4 rings (SSSR count). The summed E-state index contributed by atoms with van der Waals surface area (Å²) >= 11 is 12.5. The third-order valence-electron chi connectivity index (χ3n) is 4.41. The number of carbonyl (C=O) groups is 1. The van der Waals surface area contributed by atoms with Crippen LogP contribution in [0.4, 0.5) is 0 Å². The van der Waals surface area contributed by atoms with Crippen LogP contribution in [-0.2, 0) is 11.2 Å². The predicted molar refractivity (Wildman–Crippen MR) is 112 cm³/mol. The molecule has 4 nitrogen and oxygen atoms in total. The van der Waals surface area contributed by atoms with Gasteiger partial charge in [0.05, 0.1) is 22.2 Å². The van der Waals surface area contributed by atoms with E-state index in [1.807, 2.05) is 54.6 Å². The summed E-state index contributed by atoms with van der Waals surface area (Å²) in [7, 11) is 0. The highest BCUT2D eigenvalue weighted by Crippen LogP contribution is 2.39. The van der Waals surface area contributed by atoms with Crippen molar-refractivity contribution in [1.29, 1.82) is 0 Å². The molecule has 0 amide bonds. The summed E-state index contributed by atoms with van der Waals surface area (Å²) in [6, 6.07) is 20.2. The van der Waals surface area contributed by atoms with Gasteiger partial charge in [0.25, 0.3) is 0 Å². The Hall–Kier alpha value is -2.95. The molecule has 0 saturated carbocycles. The Bertz CT molecular complexity index is 1170. The quantitative estimate of drug-likeness (QED) is 0.390. The van der Waals surface area contributed by atoms with E-state index in [1.165, 1.54) is 0 Å². The van der Waals surface area contributed by atoms with Gasteiger partial charge in [0.15, 0.2) is 0 Å². The first-order valence-corrected chi connectivity index (χ1v) is 9.32. The molecule has 4 aromatic rings. The number of hydrogen-bond donors (Lipinski definition) is 2. The highest BCUT2D eigenvalue weighted by atomic mass is 35.5. The molecule has 1 aromatic heterocycles. The third-order valence-corrected chi connectivity index (χ3v) is 5.22. The van der Waals surface area contributed by atoms with E-state index < -0.39 is 5.97 Å². The molecule has 0 fully saturated rings. The van der Waals surface area contributed by atoms with Gasteiger partial charge in [-0.2, -0.15) is 0 Å². The van der Waals surface area contributed by atoms with Crippen LogP contribution in [-0.4, -0.2) is 16.1 Å². The van der Waals surface area contributed by atoms with Crippen LogP contribution in [0.25, 0.3) is 22.2 Å². The number of rotatable bonds is 5. The van der Waals surface area contributed by atoms with Crippen LogP contribution >= 0.6 is 23.2 Å². The molecule has 0 saturated heterocycles. The lowest BCUT2D eigenvalue weighted by Crippen LogP contribution is -2.01. The zero-order valence-electron chi connectivity index (χ0n) is 14.6. The second-order valence-electron chi connectivity index (χ2n) is 6.27. The molecule has 0 atom stereocenters. The Kier molecular flexibility index (Phi) is 4.99. The number of nitrogens with one attached hydrogen (secondary N) is 1. The van der Waals surface area contributed by atoms with Crippen molar-refractivity contribution in [3.05, 3.63) is 82.3 Å². The second-order valence-corrected chi connectivity index (χ2v) is 7.06. The zero-order chi connectivity index (χ0) is 19.7. The molecule has 0 unspecified atom stereocenters. The number of aromatic amines is 1. The zero-order valence-corrected chi connectivity index (χ0v) is 16.1. The van der Waals surface area contributed by atoms with Gasteiger partial charge in [0.1, 0.15) is 11.5 Å². The molecule has 0 aliphatic carbocycles. The molecular weight excluding hydrogens is 397 g/mol. The number of hydrogen-bond acceptors (Lipinski definition) is 2. The van der Waals surface area contributed by atoms with E-state index in [2.05, 4.69) is 4.98 Å². The first-order chi connectivity index (χ1) is 13.5. The number of fused-ring (bicyclic) bond motifs is 1. The molecule has 2 N–H and O–H groups in total. The molecule has 28 heavy (non-hydrogen) atoms. The average Bonchev–Trinajstić information content (AvgIpc) is 3.02. The third kappa shape index (κ3) is 3.57. The lowest BCUT2D eigenvalue weighted by atomic mass is 10.0. The fourth-order valence-electron chi connectivity index (χ4n) is 3.18. The van der Waals surface area contributed by atoms with Crippen molar-refractivity contribution in [2.24, 2.45) is 0 Å². The molecule has 140 valence electrons. The Labute approximate surface area is 171 Å². The number of para-hydroxylation sites is 1. The number of halogens is 2. The summed E-state index contributed by atoms with van der Waals surface area (Å²) in [6.45, 7) is 0. The monoisotopic (exact) mass is 411 g/mol. The average molecular weight is 412 g/mol. The van der Waals surface area contributed by atoms with Gasteiger partial charge < -0.3 is 14.8 Å². The van der Waals surface area contributed by atoms with Crippen LogP contribution < -0.4 is 4.74 Å². The summed E-state index contributed by atoms with van der Waals surface area (Å²) in [5, 5.41) is 11.0. The van der Waals surface area contributed by atoms with E-state index in [-0.39, 0.29) is 6.42 Å². The molecular formula is C22H15Cl2NO3. The number of H-pyrrole nitrogens is 1. The van der Waals surface area contributed by atoms with Crippen LogP contribution in [0.2, 0.25) is 10.0 Å². The number of aromatic nitrogens is 1. The van der Waals surface area contributed by atoms with Crippen molar-refractivity contribution < 1.29 is 14.6 Å². The Morgan fingerprint density at radius 2 is 1.75 bits per heavy atom. The SMILES string of the molecule is O=C(O)Cc1c(-c2cccc(Cl)c2Cl)[nH]c2ccc(Oc3ccccc3)cc12. The van der Waals surface area contributed by atoms with Crippen LogP contribution in [0.5, 0.6) is 11.5 Å². The maximum Gasteiger partial charge on any atom is 0.307 e. The Morgan fingerprint density at radius 3 is 2.50 bits per heavy atom. The largest absolute Gasteiger partial charge is 0.481 e. The van der Waals surface area contributed by atoms with Gasteiger partial charge in [-0.25, -0.2) is 0 Å². The van der Waals surface area contributed by atoms with Gasteiger partial charge >= 0.3 is 5.97 Å². The highest BCUT2D eigenvalue weighted by Gasteiger charge is 2.19. The topological polar surface area (TPSA) is 62.3 Å². The normalized spacial score (nSPS) is 10.9. The fraction of sp³-hybridized carbons (Fsp3) is 0.0455. The summed E-state index contributed by atoms with van der Waals surface area (Å²) in [5.41, 5.74) is 2.72. The maximum absolute atomic E-state index is 11.5. The van der Waals surface area contributed by atoms with Crippen molar-refractivity contribution in [2.45, 2.75) is 6.42 Å². The maximum atomic E-state index is 11.5. The highest BCUT2D eigenvalue weighted by molar-refractivity contribution is 6.43. The van der Waals surface area contributed by atoms with Crippen LogP contribution in [0.1, 0.15) is 5.56 Å². The lowest BCUT2D eigenvalue weighted by Gasteiger charge is -2.07. The molecule has 0 spiro atoms. The fourth-order valence-corrected chi connectivity index (χ4v) is 3.57. The van der Waals surface area contributed by atoms with Crippen LogP contribution in [0.15, 0.2) is 66.7 Å². The molecule has 0 bridgehead atoms. The molecule has 0 aliphatic rings. The minimum Gasteiger partial charge on any atom is -0.481 e. The van der Waals surface area contributed by atoms with Gasteiger partial charge in [0, 0.05) is 16.5 Å². The molecule has 3 aromatic carbocycles. The smallest absolute Gasteiger partial charge is 0.307 e. The van der Waals surface area contributed by atoms with Gasteiger partial charge in [-0.1, -0.05) is 53.5 Å². The molecule has 0 radical (unpaired) electrons. The number of carboxylic acids is 1. The van der Waals surface area contributed by atoms with Gasteiger partial charge in [-0.05, 0) is 42.0 Å². The van der Waals surface area contributed by atoms with Gasteiger partial charge in [-0.15, -0.1) is 0 Å². The molecule has 6 heteroatoms. The lowest BCUT2D eigenvalue weighted by molar-refractivity contribution is -0.136. The number of benzene rings is 3. The minimum absolute atomic E-state index is 0.160. The minimum atomic E-state index is -0.935. The van der Waals surface area contributed by atoms with E-state index in [4.69, 9.17) is 27.9 Å². The van der Waals surface area contributed by atoms with E-state index in [1.54, 1.807) is 12.1 Å². The van der Waals surface area contributed by atoms with E-state index in [0.29, 0.717) is 38.4 Å². The van der Waals surface area contributed by atoms with Gasteiger partial charge in [0.2, 0.25) is 0 Å². The van der Waals surface area contributed by atoms with Crippen molar-refractivity contribution in [3.8, 4) is 22.8 Å². The first kappa shape index (κ1) is 18.4. The number of aliphatic carboxylic acids is 1. The van der Waals surface area contributed by atoms with Crippen molar-refractivity contribution in [2.75, 3.05) is 0 Å². The van der Waals surface area contributed by atoms with Crippen molar-refractivity contribution in [3.63, 3.8) is 0 Å². The van der Waals surface area contributed by atoms with E-state index >= 15 is 0 Å². The van der Waals surface area contributed by atoms with Crippen molar-refractivity contribution in [1.82, 2.24) is 4.98 Å². The number of ether oxygens (including phenoxy) is 1. The first-order valence-electron chi connectivity index (χ1n) is 8.56. The van der Waals surface area contributed by atoms with Crippen LogP contribution in [0, 0.1) is 0 Å². The predicted octanol–water partition coefficient (Wildman–Crippen LogP) is 6.56. The molecule has 1 heterocycles.